The average molecular weight is 222 g/mol. The number of hydrogen-bond donors (Lipinski definition) is 1. The molecule has 1 aromatic carbocycles. The molecule has 0 amide bonds. The standard InChI is InChI=1S/C11H12ClN3/c12-8-3-4-10-9(7-8)11(14-13-10)15-5-1-2-6-15/h3-4,7H,1-2,5-6H2,(H,13,14). The highest BCUT2D eigenvalue weighted by molar-refractivity contribution is 6.31. The van der Waals surface area contributed by atoms with Gasteiger partial charge in [0.05, 0.1) is 5.52 Å². The van der Waals surface area contributed by atoms with Crippen molar-refractivity contribution >= 4 is 28.3 Å². The van der Waals surface area contributed by atoms with Crippen molar-refractivity contribution in [3.8, 4) is 0 Å². The highest BCUT2D eigenvalue weighted by Gasteiger charge is 2.17. The van der Waals surface area contributed by atoms with Gasteiger partial charge in [-0.15, -0.1) is 0 Å². The Labute approximate surface area is 93.0 Å². The largest absolute Gasteiger partial charge is 0.355 e. The number of nitrogens with one attached hydrogen (secondary N) is 1. The van der Waals surface area contributed by atoms with Crippen molar-refractivity contribution in [3.05, 3.63) is 23.2 Å². The number of nitrogens with zero attached hydrogens (tertiary/aromatic N) is 2. The van der Waals surface area contributed by atoms with Crippen molar-refractivity contribution < 1.29 is 0 Å². The van der Waals surface area contributed by atoms with Gasteiger partial charge in [0.25, 0.3) is 0 Å². The number of rotatable bonds is 1. The molecule has 2 heterocycles. The van der Waals surface area contributed by atoms with E-state index in [1.807, 2.05) is 18.2 Å². The predicted molar refractivity (Wildman–Crippen MR) is 62.6 cm³/mol. The Hall–Kier alpha value is -1.22. The molecule has 0 atom stereocenters. The van der Waals surface area contributed by atoms with E-state index >= 15 is 0 Å². The minimum atomic E-state index is 0.768. The summed E-state index contributed by atoms with van der Waals surface area (Å²) in [4.78, 5) is 2.31. The molecule has 0 bridgehead atoms. The Balaban J connectivity index is 2.13. The van der Waals surface area contributed by atoms with Crippen LogP contribution in [0.4, 0.5) is 5.82 Å². The third kappa shape index (κ3) is 1.47. The predicted octanol–water partition coefficient (Wildman–Crippen LogP) is 2.82. The van der Waals surface area contributed by atoms with Gasteiger partial charge in [-0.25, -0.2) is 0 Å². The van der Waals surface area contributed by atoms with E-state index in [-0.39, 0.29) is 0 Å². The molecule has 3 rings (SSSR count). The number of H-pyrrole nitrogens is 1. The summed E-state index contributed by atoms with van der Waals surface area (Å²) in [6.45, 7) is 2.21. The van der Waals surface area contributed by atoms with Crippen LogP contribution in [0.2, 0.25) is 5.02 Å². The summed E-state index contributed by atoms with van der Waals surface area (Å²) in [6, 6.07) is 5.84. The number of fused-ring (bicyclic) bond motifs is 1. The molecule has 78 valence electrons. The summed E-state index contributed by atoms with van der Waals surface area (Å²) in [5, 5.41) is 9.30. The van der Waals surface area contributed by atoms with Crippen LogP contribution in [0.3, 0.4) is 0 Å². The summed E-state index contributed by atoms with van der Waals surface area (Å²) in [5.74, 6) is 1.05. The number of aromatic nitrogens is 2. The highest BCUT2D eigenvalue weighted by atomic mass is 35.5. The van der Waals surface area contributed by atoms with Crippen LogP contribution in [-0.2, 0) is 0 Å². The lowest BCUT2D eigenvalue weighted by Gasteiger charge is -2.13. The molecule has 0 spiro atoms. The zero-order chi connectivity index (χ0) is 10.3. The highest BCUT2D eigenvalue weighted by Crippen LogP contribution is 2.28. The van der Waals surface area contributed by atoms with Crippen LogP contribution < -0.4 is 4.90 Å². The molecule has 3 nitrogen and oxygen atoms in total. The summed E-state index contributed by atoms with van der Waals surface area (Å²) in [6.07, 6.45) is 2.52. The summed E-state index contributed by atoms with van der Waals surface area (Å²) in [7, 11) is 0. The maximum absolute atomic E-state index is 5.99. The van der Waals surface area contributed by atoms with Gasteiger partial charge in [0.2, 0.25) is 0 Å². The van der Waals surface area contributed by atoms with Crippen LogP contribution in [0.5, 0.6) is 0 Å². The van der Waals surface area contributed by atoms with Crippen molar-refractivity contribution in [2.75, 3.05) is 18.0 Å². The van der Waals surface area contributed by atoms with E-state index in [1.165, 1.54) is 12.8 Å². The molecule has 15 heavy (non-hydrogen) atoms. The molecule has 1 N–H and O–H groups in total. The summed E-state index contributed by atoms with van der Waals surface area (Å²) < 4.78 is 0. The van der Waals surface area contributed by atoms with Gasteiger partial charge in [-0.05, 0) is 31.0 Å². The van der Waals surface area contributed by atoms with Crippen molar-refractivity contribution in [1.82, 2.24) is 10.2 Å². The Morgan fingerprint density at radius 1 is 1.27 bits per heavy atom. The molecule has 0 unspecified atom stereocenters. The first-order chi connectivity index (χ1) is 7.34. The molecule has 0 aliphatic carbocycles. The fourth-order valence-electron chi connectivity index (χ4n) is 2.14. The van der Waals surface area contributed by atoms with E-state index in [4.69, 9.17) is 11.6 Å². The number of hydrogen-bond acceptors (Lipinski definition) is 2. The third-order valence-electron chi connectivity index (χ3n) is 2.91. The van der Waals surface area contributed by atoms with Crippen molar-refractivity contribution in [1.29, 1.82) is 0 Å². The minimum Gasteiger partial charge on any atom is -0.355 e. The van der Waals surface area contributed by atoms with Crippen molar-refractivity contribution in [2.24, 2.45) is 0 Å². The Bertz CT molecular complexity index is 486. The van der Waals surface area contributed by atoms with Crippen LogP contribution in [0, 0.1) is 0 Å². The Morgan fingerprint density at radius 3 is 2.87 bits per heavy atom. The maximum atomic E-state index is 5.99. The SMILES string of the molecule is Clc1ccc2[nH]nc(N3CCCC3)c2c1. The minimum absolute atomic E-state index is 0.768. The molecule has 0 saturated carbocycles. The molecule has 1 saturated heterocycles. The first-order valence-electron chi connectivity index (χ1n) is 5.23. The first kappa shape index (κ1) is 9.04. The lowest BCUT2D eigenvalue weighted by atomic mass is 10.2. The maximum Gasteiger partial charge on any atom is 0.158 e. The van der Waals surface area contributed by atoms with E-state index in [0.29, 0.717) is 0 Å². The lowest BCUT2D eigenvalue weighted by Crippen LogP contribution is -2.18. The van der Waals surface area contributed by atoms with Gasteiger partial charge in [-0.2, -0.15) is 5.10 Å². The van der Waals surface area contributed by atoms with Gasteiger partial charge >= 0.3 is 0 Å². The molecule has 4 heteroatoms. The second kappa shape index (κ2) is 3.42. The fourth-order valence-corrected chi connectivity index (χ4v) is 2.31. The molecule has 0 radical (unpaired) electrons. The molecule has 1 aliphatic heterocycles. The fraction of sp³-hybridized carbons (Fsp3) is 0.364. The molecule has 2 aromatic rings. The number of anilines is 1. The second-order valence-electron chi connectivity index (χ2n) is 3.93. The molecule has 1 aliphatic rings. The van der Waals surface area contributed by atoms with E-state index in [0.717, 1.165) is 34.8 Å². The van der Waals surface area contributed by atoms with Crippen LogP contribution in [0.1, 0.15) is 12.8 Å². The van der Waals surface area contributed by atoms with Gasteiger partial charge in [-0.3, -0.25) is 5.10 Å². The Kier molecular flexibility index (Phi) is 2.06. The molecular formula is C11H12ClN3. The monoisotopic (exact) mass is 221 g/mol. The average Bonchev–Trinajstić information content (AvgIpc) is 2.83. The number of halogens is 1. The second-order valence-corrected chi connectivity index (χ2v) is 4.37. The number of benzene rings is 1. The van der Waals surface area contributed by atoms with Crippen LogP contribution in [0.15, 0.2) is 18.2 Å². The topological polar surface area (TPSA) is 31.9 Å². The van der Waals surface area contributed by atoms with Gasteiger partial charge in [-0.1, -0.05) is 11.6 Å². The Morgan fingerprint density at radius 2 is 2.07 bits per heavy atom. The van der Waals surface area contributed by atoms with Gasteiger partial charge in [0, 0.05) is 23.5 Å². The zero-order valence-electron chi connectivity index (χ0n) is 8.33. The van der Waals surface area contributed by atoms with E-state index < -0.39 is 0 Å². The number of aromatic amines is 1. The van der Waals surface area contributed by atoms with Gasteiger partial charge in [0.15, 0.2) is 5.82 Å². The lowest BCUT2D eigenvalue weighted by molar-refractivity contribution is 0.926. The van der Waals surface area contributed by atoms with E-state index in [9.17, 15) is 0 Å². The smallest absolute Gasteiger partial charge is 0.158 e. The quantitative estimate of drug-likeness (QED) is 0.803. The normalized spacial score (nSPS) is 16.5. The van der Waals surface area contributed by atoms with Crippen molar-refractivity contribution in [3.63, 3.8) is 0 Å². The van der Waals surface area contributed by atoms with Crippen molar-refractivity contribution in [2.45, 2.75) is 12.8 Å². The molecule has 1 aromatic heterocycles. The molecular weight excluding hydrogens is 210 g/mol. The van der Waals surface area contributed by atoms with Gasteiger partial charge in [0.1, 0.15) is 0 Å². The van der Waals surface area contributed by atoms with Crippen LogP contribution in [0.25, 0.3) is 10.9 Å². The van der Waals surface area contributed by atoms with E-state index in [1.54, 1.807) is 0 Å². The molecule has 1 fully saturated rings. The summed E-state index contributed by atoms with van der Waals surface area (Å²) >= 11 is 5.99. The van der Waals surface area contributed by atoms with E-state index in [2.05, 4.69) is 15.1 Å². The van der Waals surface area contributed by atoms with Crippen LogP contribution in [-0.4, -0.2) is 23.3 Å². The van der Waals surface area contributed by atoms with Crippen LogP contribution >= 0.6 is 11.6 Å². The summed E-state index contributed by atoms with van der Waals surface area (Å²) in [5.41, 5.74) is 1.06. The third-order valence-corrected chi connectivity index (χ3v) is 3.15. The van der Waals surface area contributed by atoms with Gasteiger partial charge < -0.3 is 4.90 Å². The zero-order valence-corrected chi connectivity index (χ0v) is 9.09. The first-order valence-corrected chi connectivity index (χ1v) is 5.61.